The summed E-state index contributed by atoms with van der Waals surface area (Å²) in [5, 5.41) is 15.0. The molecule has 0 amide bonds. The zero-order valence-electron chi connectivity index (χ0n) is 11.2. The van der Waals surface area contributed by atoms with Crippen LogP contribution in [0.15, 0.2) is 24.3 Å². The summed E-state index contributed by atoms with van der Waals surface area (Å²) in [4.78, 5) is 8.48. The highest BCUT2D eigenvalue weighted by atomic mass is 19.1. The lowest BCUT2D eigenvalue weighted by Gasteiger charge is -2.10. The fraction of sp³-hybridized carbons (Fsp3) is 0.214. The van der Waals surface area contributed by atoms with Crippen molar-refractivity contribution < 1.29 is 4.39 Å². The highest BCUT2D eigenvalue weighted by Gasteiger charge is 2.09. The van der Waals surface area contributed by atoms with Crippen molar-refractivity contribution in [2.24, 2.45) is 0 Å². The van der Waals surface area contributed by atoms with E-state index in [-0.39, 0.29) is 5.56 Å². The lowest BCUT2D eigenvalue weighted by Crippen LogP contribution is -2.06. The van der Waals surface area contributed by atoms with E-state index in [9.17, 15) is 4.39 Å². The molecule has 0 saturated carbocycles. The van der Waals surface area contributed by atoms with E-state index in [4.69, 9.17) is 5.26 Å². The fourth-order valence-corrected chi connectivity index (χ4v) is 1.75. The SMILES string of the molecule is CCNc1nc(C)cc(Nc2cccc(F)c2C#N)n1. The second kappa shape index (κ2) is 5.97. The molecule has 0 saturated heterocycles. The summed E-state index contributed by atoms with van der Waals surface area (Å²) in [5.74, 6) is 0.440. The molecule has 2 rings (SSSR count). The summed E-state index contributed by atoms with van der Waals surface area (Å²) in [6, 6.07) is 7.99. The van der Waals surface area contributed by atoms with Gasteiger partial charge in [0.2, 0.25) is 5.95 Å². The zero-order chi connectivity index (χ0) is 14.5. The van der Waals surface area contributed by atoms with Crippen molar-refractivity contribution in [3.8, 4) is 6.07 Å². The van der Waals surface area contributed by atoms with Crippen LogP contribution >= 0.6 is 0 Å². The molecule has 1 heterocycles. The summed E-state index contributed by atoms with van der Waals surface area (Å²) in [6.07, 6.45) is 0. The quantitative estimate of drug-likeness (QED) is 0.894. The molecule has 102 valence electrons. The second-order valence-electron chi connectivity index (χ2n) is 4.15. The van der Waals surface area contributed by atoms with Gasteiger partial charge in [0.15, 0.2) is 0 Å². The van der Waals surface area contributed by atoms with Crippen LogP contribution in [0.4, 0.5) is 21.8 Å². The Hall–Kier alpha value is -2.68. The molecular formula is C14H14FN5. The third-order valence-electron chi connectivity index (χ3n) is 2.58. The Balaban J connectivity index is 2.35. The van der Waals surface area contributed by atoms with Crippen molar-refractivity contribution in [2.45, 2.75) is 13.8 Å². The minimum Gasteiger partial charge on any atom is -0.354 e. The predicted octanol–water partition coefficient (Wildman–Crippen LogP) is 2.97. The van der Waals surface area contributed by atoms with Crippen LogP contribution in [0.5, 0.6) is 0 Å². The number of rotatable bonds is 4. The number of aryl methyl sites for hydroxylation is 1. The van der Waals surface area contributed by atoms with Gasteiger partial charge in [-0.25, -0.2) is 9.37 Å². The molecule has 2 N–H and O–H groups in total. The number of nitriles is 1. The number of nitrogens with zero attached hydrogens (tertiary/aromatic N) is 3. The molecule has 0 aliphatic heterocycles. The number of anilines is 3. The topological polar surface area (TPSA) is 73.6 Å². The van der Waals surface area contributed by atoms with Gasteiger partial charge in [-0.15, -0.1) is 0 Å². The smallest absolute Gasteiger partial charge is 0.224 e. The monoisotopic (exact) mass is 271 g/mol. The molecule has 0 radical (unpaired) electrons. The van der Waals surface area contributed by atoms with Crippen LogP contribution in [-0.4, -0.2) is 16.5 Å². The van der Waals surface area contributed by atoms with Gasteiger partial charge >= 0.3 is 0 Å². The Labute approximate surface area is 116 Å². The molecule has 1 aromatic carbocycles. The number of benzene rings is 1. The Kier molecular flexibility index (Phi) is 4.11. The Morgan fingerprint density at radius 1 is 1.35 bits per heavy atom. The van der Waals surface area contributed by atoms with Gasteiger partial charge in [-0.05, 0) is 26.0 Å². The third-order valence-corrected chi connectivity index (χ3v) is 2.58. The van der Waals surface area contributed by atoms with E-state index in [0.29, 0.717) is 24.0 Å². The molecule has 2 aromatic rings. The molecule has 5 nitrogen and oxygen atoms in total. The normalized spacial score (nSPS) is 9.90. The number of halogens is 1. The number of nitrogens with one attached hydrogen (secondary N) is 2. The second-order valence-corrected chi connectivity index (χ2v) is 4.15. The van der Waals surface area contributed by atoms with E-state index in [1.807, 2.05) is 19.9 Å². The Morgan fingerprint density at radius 2 is 2.15 bits per heavy atom. The van der Waals surface area contributed by atoms with E-state index < -0.39 is 5.82 Å². The van der Waals surface area contributed by atoms with Crippen molar-refractivity contribution in [1.29, 1.82) is 5.26 Å². The van der Waals surface area contributed by atoms with Gasteiger partial charge in [-0.3, -0.25) is 0 Å². The van der Waals surface area contributed by atoms with Crippen LogP contribution in [0.25, 0.3) is 0 Å². The van der Waals surface area contributed by atoms with E-state index >= 15 is 0 Å². The number of hydrogen-bond acceptors (Lipinski definition) is 5. The van der Waals surface area contributed by atoms with Gasteiger partial charge < -0.3 is 10.6 Å². The minimum absolute atomic E-state index is 0.0335. The first-order valence-electron chi connectivity index (χ1n) is 6.19. The first-order chi connectivity index (χ1) is 9.63. The first-order valence-corrected chi connectivity index (χ1v) is 6.19. The molecule has 0 aliphatic rings. The lowest BCUT2D eigenvalue weighted by atomic mass is 10.2. The molecule has 0 atom stereocenters. The van der Waals surface area contributed by atoms with Gasteiger partial charge in [-0.2, -0.15) is 10.2 Å². The van der Waals surface area contributed by atoms with E-state index in [2.05, 4.69) is 20.6 Å². The fourth-order valence-electron chi connectivity index (χ4n) is 1.75. The van der Waals surface area contributed by atoms with Crippen molar-refractivity contribution in [2.75, 3.05) is 17.2 Å². The van der Waals surface area contributed by atoms with Gasteiger partial charge in [0, 0.05) is 18.3 Å². The molecule has 0 spiro atoms. The Morgan fingerprint density at radius 3 is 2.85 bits per heavy atom. The van der Waals surface area contributed by atoms with Crippen LogP contribution in [0.1, 0.15) is 18.2 Å². The van der Waals surface area contributed by atoms with Crippen LogP contribution in [0.3, 0.4) is 0 Å². The van der Waals surface area contributed by atoms with Crippen molar-refractivity contribution in [3.05, 3.63) is 41.3 Å². The van der Waals surface area contributed by atoms with Gasteiger partial charge in [0.1, 0.15) is 23.3 Å². The molecule has 6 heteroatoms. The third kappa shape index (κ3) is 3.01. The molecule has 20 heavy (non-hydrogen) atoms. The van der Waals surface area contributed by atoms with Crippen molar-refractivity contribution in [1.82, 2.24) is 9.97 Å². The maximum atomic E-state index is 13.5. The van der Waals surface area contributed by atoms with Crippen molar-refractivity contribution >= 4 is 17.5 Å². The molecule has 0 bridgehead atoms. The molecule has 0 fully saturated rings. The average Bonchev–Trinajstić information content (AvgIpc) is 2.38. The summed E-state index contributed by atoms with van der Waals surface area (Å²) in [6.45, 7) is 4.48. The largest absolute Gasteiger partial charge is 0.354 e. The summed E-state index contributed by atoms with van der Waals surface area (Å²) >= 11 is 0. The Bertz CT molecular complexity index is 663. The summed E-state index contributed by atoms with van der Waals surface area (Å²) in [7, 11) is 0. The van der Waals surface area contributed by atoms with Crippen LogP contribution < -0.4 is 10.6 Å². The van der Waals surface area contributed by atoms with Crippen LogP contribution in [-0.2, 0) is 0 Å². The predicted molar refractivity (Wildman–Crippen MR) is 75.3 cm³/mol. The maximum Gasteiger partial charge on any atom is 0.224 e. The standard InChI is InChI=1S/C14H14FN5/c1-3-17-14-18-9(2)7-13(20-14)19-12-6-4-5-11(15)10(12)8-16/h4-7H,3H2,1-2H3,(H2,17,18,19,20). The van der Waals surface area contributed by atoms with E-state index in [1.54, 1.807) is 12.1 Å². The summed E-state index contributed by atoms with van der Waals surface area (Å²) in [5.41, 5.74) is 1.12. The average molecular weight is 271 g/mol. The highest BCUT2D eigenvalue weighted by Crippen LogP contribution is 2.22. The lowest BCUT2D eigenvalue weighted by molar-refractivity contribution is 0.624. The van der Waals surface area contributed by atoms with Gasteiger partial charge in [0.05, 0.1) is 5.69 Å². The molecule has 0 unspecified atom stereocenters. The first kappa shape index (κ1) is 13.7. The van der Waals surface area contributed by atoms with Crippen LogP contribution in [0.2, 0.25) is 0 Å². The van der Waals surface area contributed by atoms with E-state index in [0.717, 1.165) is 5.69 Å². The van der Waals surface area contributed by atoms with E-state index in [1.165, 1.54) is 12.1 Å². The van der Waals surface area contributed by atoms with Crippen molar-refractivity contribution in [3.63, 3.8) is 0 Å². The van der Waals surface area contributed by atoms with Gasteiger partial charge in [0.25, 0.3) is 0 Å². The summed E-state index contributed by atoms with van der Waals surface area (Å²) < 4.78 is 13.5. The maximum absolute atomic E-state index is 13.5. The zero-order valence-corrected chi connectivity index (χ0v) is 11.2. The molecule has 0 aliphatic carbocycles. The minimum atomic E-state index is -0.560. The number of aromatic nitrogens is 2. The molecular weight excluding hydrogens is 257 g/mol. The molecule has 1 aromatic heterocycles. The highest BCUT2D eigenvalue weighted by molar-refractivity contribution is 5.65. The van der Waals surface area contributed by atoms with Gasteiger partial charge in [-0.1, -0.05) is 6.07 Å². The number of hydrogen-bond donors (Lipinski definition) is 2. The van der Waals surface area contributed by atoms with Crippen LogP contribution in [0, 0.1) is 24.1 Å².